The van der Waals surface area contributed by atoms with Crippen molar-refractivity contribution in [2.75, 3.05) is 10.0 Å². The van der Waals surface area contributed by atoms with Gasteiger partial charge in [-0.05, 0) is 75.4 Å². The second kappa shape index (κ2) is 8.61. The van der Waals surface area contributed by atoms with Crippen LogP contribution in [0.25, 0.3) is 0 Å². The third-order valence-corrected chi connectivity index (χ3v) is 6.14. The molecule has 1 aliphatic carbocycles. The monoisotopic (exact) mass is 389 g/mol. The number of nitrogens with zero attached hydrogens (tertiary/aromatic N) is 1. The molecule has 1 aliphatic rings. The van der Waals surface area contributed by atoms with Gasteiger partial charge in [-0.2, -0.15) is 0 Å². The summed E-state index contributed by atoms with van der Waals surface area (Å²) in [6.07, 6.45) is 7.39. The highest BCUT2D eigenvalue weighted by atomic mass is 32.2. The third kappa shape index (κ3) is 5.35. The highest BCUT2D eigenvalue weighted by Gasteiger charge is 2.18. The molecule has 27 heavy (non-hydrogen) atoms. The lowest BCUT2D eigenvalue weighted by atomic mass is 10.2. The fraction of sp³-hybridized carbons (Fsp3) is 0.450. The van der Waals surface area contributed by atoms with E-state index >= 15 is 0 Å². The van der Waals surface area contributed by atoms with E-state index in [1.807, 2.05) is 6.07 Å². The molecule has 1 saturated carbocycles. The highest BCUT2D eigenvalue weighted by molar-refractivity contribution is 7.92. The predicted octanol–water partition coefficient (Wildman–Crippen LogP) is 4.41. The molecule has 0 radical (unpaired) electrons. The normalized spacial score (nSPS) is 16.1. The maximum atomic E-state index is 12.6. The Labute approximate surface area is 161 Å². The van der Waals surface area contributed by atoms with Gasteiger partial charge in [0.25, 0.3) is 10.0 Å². The van der Waals surface area contributed by atoms with Gasteiger partial charge in [0.2, 0.25) is 0 Å². The van der Waals surface area contributed by atoms with Crippen LogP contribution in [0.15, 0.2) is 47.5 Å². The molecule has 1 atom stereocenters. The second-order valence-corrected chi connectivity index (χ2v) is 8.67. The van der Waals surface area contributed by atoms with Crippen molar-refractivity contribution >= 4 is 21.5 Å². The largest absolute Gasteiger partial charge is 0.490 e. The fourth-order valence-electron chi connectivity index (χ4n) is 3.02. The Kier molecular flexibility index (Phi) is 6.21. The molecule has 1 aromatic carbocycles. The molecule has 146 valence electrons. The quantitative estimate of drug-likeness (QED) is 0.699. The van der Waals surface area contributed by atoms with Crippen molar-refractivity contribution in [3.8, 4) is 5.75 Å². The van der Waals surface area contributed by atoms with Crippen molar-refractivity contribution in [3.05, 3.63) is 42.6 Å². The third-order valence-electron chi connectivity index (χ3n) is 4.77. The predicted molar refractivity (Wildman–Crippen MR) is 108 cm³/mol. The zero-order valence-corrected chi connectivity index (χ0v) is 16.6. The minimum Gasteiger partial charge on any atom is -0.490 e. The Bertz CT molecular complexity index is 830. The number of hydrogen-bond acceptors (Lipinski definition) is 5. The van der Waals surface area contributed by atoms with E-state index in [2.05, 4.69) is 28.9 Å². The molecular weight excluding hydrogens is 362 g/mol. The smallest absolute Gasteiger partial charge is 0.263 e. The van der Waals surface area contributed by atoms with Crippen molar-refractivity contribution in [1.82, 2.24) is 4.98 Å². The minimum absolute atomic E-state index is 0.185. The van der Waals surface area contributed by atoms with Gasteiger partial charge < -0.3 is 10.1 Å². The summed E-state index contributed by atoms with van der Waals surface area (Å²) in [4.78, 5) is 4.37. The van der Waals surface area contributed by atoms with Crippen LogP contribution in [0.5, 0.6) is 5.75 Å². The lowest BCUT2D eigenvalue weighted by Gasteiger charge is -2.14. The minimum atomic E-state index is -3.69. The van der Waals surface area contributed by atoms with Crippen LogP contribution < -0.4 is 14.8 Å². The van der Waals surface area contributed by atoms with Crippen LogP contribution >= 0.6 is 0 Å². The molecule has 0 saturated heterocycles. The SMILES string of the molecule is CCC(C)Nc1ccc(NS(=O)(=O)c2ccc(OC3CCCC3)cc2)nc1. The highest BCUT2D eigenvalue weighted by Crippen LogP contribution is 2.25. The summed E-state index contributed by atoms with van der Waals surface area (Å²) in [5.41, 5.74) is 0.862. The van der Waals surface area contributed by atoms with Crippen molar-refractivity contribution in [2.45, 2.75) is 63.0 Å². The van der Waals surface area contributed by atoms with Crippen LogP contribution in [0.3, 0.4) is 0 Å². The Morgan fingerprint density at radius 1 is 1.15 bits per heavy atom. The van der Waals surface area contributed by atoms with Crippen LogP contribution in [0.2, 0.25) is 0 Å². The maximum Gasteiger partial charge on any atom is 0.263 e. The molecule has 7 heteroatoms. The van der Waals surface area contributed by atoms with Crippen molar-refractivity contribution in [2.24, 2.45) is 0 Å². The van der Waals surface area contributed by atoms with Gasteiger partial charge in [-0.1, -0.05) is 6.92 Å². The molecule has 2 aromatic rings. The summed E-state index contributed by atoms with van der Waals surface area (Å²) in [5, 5.41) is 3.30. The molecule has 3 rings (SSSR count). The topological polar surface area (TPSA) is 80.3 Å². The molecule has 0 aliphatic heterocycles. The summed E-state index contributed by atoms with van der Waals surface area (Å²) in [6, 6.07) is 10.3. The number of hydrogen-bond donors (Lipinski definition) is 2. The lowest BCUT2D eigenvalue weighted by molar-refractivity contribution is 0.210. The van der Waals surface area contributed by atoms with Crippen molar-refractivity contribution in [1.29, 1.82) is 0 Å². The summed E-state index contributed by atoms with van der Waals surface area (Å²) >= 11 is 0. The first-order valence-corrected chi connectivity index (χ1v) is 11.0. The van der Waals surface area contributed by atoms with Crippen LogP contribution in [-0.4, -0.2) is 25.5 Å². The van der Waals surface area contributed by atoms with E-state index in [1.165, 1.54) is 12.8 Å². The van der Waals surface area contributed by atoms with Crippen LogP contribution in [-0.2, 0) is 10.0 Å². The van der Waals surface area contributed by atoms with Gasteiger partial charge in [0.15, 0.2) is 0 Å². The first-order chi connectivity index (χ1) is 13.0. The zero-order valence-electron chi connectivity index (χ0n) is 15.8. The van der Waals surface area contributed by atoms with Gasteiger partial charge in [0.05, 0.1) is 22.9 Å². The van der Waals surface area contributed by atoms with Gasteiger partial charge in [-0.3, -0.25) is 4.72 Å². The fourth-order valence-corrected chi connectivity index (χ4v) is 4.03. The van der Waals surface area contributed by atoms with E-state index in [0.29, 0.717) is 11.8 Å². The lowest BCUT2D eigenvalue weighted by Crippen LogP contribution is -2.15. The molecule has 1 aromatic heterocycles. The molecule has 6 nitrogen and oxygen atoms in total. The standard InChI is InChI=1S/C20H27N3O3S/c1-3-15(2)22-16-8-13-20(21-14-16)23-27(24,25)19-11-9-18(10-12-19)26-17-6-4-5-7-17/h8-15,17,22H,3-7H2,1-2H3,(H,21,23). The first-order valence-electron chi connectivity index (χ1n) is 9.48. The summed E-state index contributed by atoms with van der Waals surface area (Å²) in [7, 11) is -3.69. The van der Waals surface area contributed by atoms with E-state index in [-0.39, 0.29) is 16.8 Å². The van der Waals surface area contributed by atoms with Gasteiger partial charge in [-0.15, -0.1) is 0 Å². The average molecular weight is 390 g/mol. The van der Waals surface area contributed by atoms with Crippen molar-refractivity contribution < 1.29 is 13.2 Å². The van der Waals surface area contributed by atoms with Crippen LogP contribution in [0.4, 0.5) is 11.5 Å². The Hall–Kier alpha value is -2.28. The molecule has 1 heterocycles. The molecule has 2 N–H and O–H groups in total. The number of benzene rings is 1. The number of ether oxygens (including phenoxy) is 1. The molecule has 1 fully saturated rings. The van der Waals surface area contributed by atoms with E-state index in [0.717, 1.165) is 24.9 Å². The second-order valence-electron chi connectivity index (χ2n) is 6.99. The summed E-state index contributed by atoms with van der Waals surface area (Å²) < 4.78 is 33.5. The number of rotatable bonds is 8. The van der Waals surface area contributed by atoms with Gasteiger partial charge in [0, 0.05) is 6.04 Å². The molecular formula is C20H27N3O3S. The number of anilines is 2. The summed E-state index contributed by atoms with van der Waals surface area (Å²) in [6.45, 7) is 4.17. The molecule has 0 bridgehead atoms. The Balaban J connectivity index is 1.63. The molecule has 1 unspecified atom stereocenters. The van der Waals surface area contributed by atoms with E-state index in [4.69, 9.17) is 4.74 Å². The summed E-state index contributed by atoms with van der Waals surface area (Å²) in [5.74, 6) is 0.996. The number of pyridine rings is 1. The number of nitrogens with one attached hydrogen (secondary N) is 2. The average Bonchev–Trinajstić information content (AvgIpc) is 3.16. The molecule has 0 spiro atoms. The Morgan fingerprint density at radius 2 is 1.85 bits per heavy atom. The van der Waals surface area contributed by atoms with Gasteiger partial charge in [0.1, 0.15) is 11.6 Å². The van der Waals surface area contributed by atoms with Gasteiger partial charge >= 0.3 is 0 Å². The van der Waals surface area contributed by atoms with Crippen molar-refractivity contribution in [3.63, 3.8) is 0 Å². The first kappa shape index (κ1) is 19.5. The number of sulfonamides is 1. The van der Waals surface area contributed by atoms with Crippen LogP contribution in [0.1, 0.15) is 46.0 Å². The van der Waals surface area contributed by atoms with Gasteiger partial charge in [-0.25, -0.2) is 13.4 Å². The van der Waals surface area contributed by atoms with E-state index in [1.54, 1.807) is 36.5 Å². The van der Waals surface area contributed by atoms with E-state index < -0.39 is 10.0 Å². The molecule has 0 amide bonds. The Morgan fingerprint density at radius 3 is 2.44 bits per heavy atom. The number of aromatic nitrogens is 1. The zero-order chi connectivity index (χ0) is 19.3. The van der Waals surface area contributed by atoms with Crippen LogP contribution in [0, 0.1) is 0 Å². The van der Waals surface area contributed by atoms with E-state index in [9.17, 15) is 8.42 Å². The maximum absolute atomic E-state index is 12.6.